The molecule has 1 saturated heterocycles. The first-order valence-electron chi connectivity index (χ1n) is 9.29. The fourth-order valence-corrected chi connectivity index (χ4v) is 3.09. The predicted molar refractivity (Wildman–Crippen MR) is 106 cm³/mol. The van der Waals surface area contributed by atoms with Gasteiger partial charge in [-0.05, 0) is 31.2 Å². The van der Waals surface area contributed by atoms with E-state index in [2.05, 4.69) is 20.2 Å². The third-order valence-corrected chi connectivity index (χ3v) is 4.61. The summed E-state index contributed by atoms with van der Waals surface area (Å²) < 4.78 is 11.1. The summed E-state index contributed by atoms with van der Waals surface area (Å²) in [6, 6.07) is 13.4. The van der Waals surface area contributed by atoms with Gasteiger partial charge in [0.1, 0.15) is 11.6 Å². The average molecular weight is 378 g/mol. The molecule has 1 amide bonds. The normalized spacial score (nSPS) is 14.1. The third-order valence-electron chi connectivity index (χ3n) is 4.61. The van der Waals surface area contributed by atoms with Crippen LogP contribution in [0.3, 0.4) is 0 Å². The number of rotatable bonds is 5. The molecule has 0 radical (unpaired) electrons. The number of benzene rings is 1. The molecule has 7 heteroatoms. The van der Waals surface area contributed by atoms with Crippen molar-refractivity contribution in [2.24, 2.45) is 0 Å². The van der Waals surface area contributed by atoms with Crippen molar-refractivity contribution in [1.82, 2.24) is 9.97 Å². The second kappa shape index (κ2) is 8.22. The number of ether oxygens (including phenoxy) is 1. The lowest BCUT2D eigenvalue weighted by Crippen LogP contribution is -2.36. The molecule has 0 aliphatic carbocycles. The number of carbonyl (C=O) groups is 1. The van der Waals surface area contributed by atoms with Crippen LogP contribution in [0.2, 0.25) is 0 Å². The summed E-state index contributed by atoms with van der Waals surface area (Å²) in [6.07, 6.45) is 1.82. The summed E-state index contributed by atoms with van der Waals surface area (Å²) in [5.41, 5.74) is 2.18. The number of aromatic nitrogens is 2. The van der Waals surface area contributed by atoms with Gasteiger partial charge in [-0.1, -0.05) is 18.2 Å². The maximum atomic E-state index is 12.4. The lowest BCUT2D eigenvalue weighted by molar-refractivity contribution is -0.115. The first kappa shape index (κ1) is 18.2. The molecule has 1 fully saturated rings. The molecule has 0 spiro atoms. The number of nitrogens with one attached hydrogen (secondary N) is 1. The summed E-state index contributed by atoms with van der Waals surface area (Å²) in [5, 5.41) is 2.87. The van der Waals surface area contributed by atoms with Gasteiger partial charge >= 0.3 is 0 Å². The Hall–Kier alpha value is -3.19. The van der Waals surface area contributed by atoms with Crippen molar-refractivity contribution in [3.8, 4) is 11.5 Å². The van der Waals surface area contributed by atoms with Crippen molar-refractivity contribution in [3.63, 3.8) is 0 Å². The standard InChI is InChI=1S/C21H22N4O3/c1-15-18(24-21(28-15)16-5-3-2-4-6-16)13-20(26)23-17-7-8-19(22-14-17)25-9-11-27-12-10-25/h2-8,14H,9-13H2,1H3,(H,23,26). The summed E-state index contributed by atoms with van der Waals surface area (Å²) in [7, 11) is 0. The van der Waals surface area contributed by atoms with Gasteiger partial charge in [0, 0.05) is 18.7 Å². The van der Waals surface area contributed by atoms with Gasteiger partial charge in [-0.15, -0.1) is 0 Å². The van der Waals surface area contributed by atoms with Crippen LogP contribution in [0.25, 0.3) is 11.5 Å². The smallest absolute Gasteiger partial charge is 0.230 e. The molecule has 1 N–H and O–H groups in total. The number of carbonyl (C=O) groups excluding carboxylic acids is 1. The van der Waals surface area contributed by atoms with Gasteiger partial charge in [0.05, 0.1) is 37.2 Å². The molecule has 1 aliphatic rings. The molecule has 28 heavy (non-hydrogen) atoms. The minimum absolute atomic E-state index is 0.146. The zero-order chi connectivity index (χ0) is 19.3. The molecule has 4 rings (SSSR count). The van der Waals surface area contributed by atoms with E-state index >= 15 is 0 Å². The second-order valence-electron chi connectivity index (χ2n) is 6.62. The Morgan fingerprint density at radius 3 is 2.64 bits per heavy atom. The Balaban J connectivity index is 1.38. The third kappa shape index (κ3) is 4.20. The first-order chi connectivity index (χ1) is 13.7. The molecule has 1 aromatic carbocycles. The average Bonchev–Trinajstić information content (AvgIpc) is 3.10. The highest BCUT2D eigenvalue weighted by molar-refractivity contribution is 5.92. The minimum Gasteiger partial charge on any atom is -0.441 e. The van der Waals surface area contributed by atoms with E-state index in [4.69, 9.17) is 9.15 Å². The van der Waals surface area contributed by atoms with Crippen LogP contribution in [0.1, 0.15) is 11.5 Å². The van der Waals surface area contributed by atoms with Crippen molar-refractivity contribution in [2.45, 2.75) is 13.3 Å². The predicted octanol–water partition coefficient (Wildman–Crippen LogP) is 3.06. The number of oxazole rings is 1. The van der Waals surface area contributed by atoms with Crippen molar-refractivity contribution in [3.05, 3.63) is 60.1 Å². The largest absolute Gasteiger partial charge is 0.441 e. The van der Waals surface area contributed by atoms with E-state index in [1.807, 2.05) is 49.4 Å². The fourth-order valence-electron chi connectivity index (χ4n) is 3.09. The van der Waals surface area contributed by atoms with Gasteiger partial charge in [0.15, 0.2) is 0 Å². The Morgan fingerprint density at radius 1 is 1.14 bits per heavy atom. The number of amides is 1. The van der Waals surface area contributed by atoms with E-state index in [-0.39, 0.29) is 12.3 Å². The lowest BCUT2D eigenvalue weighted by Gasteiger charge is -2.27. The van der Waals surface area contributed by atoms with E-state index in [1.165, 1.54) is 0 Å². The van der Waals surface area contributed by atoms with E-state index in [0.717, 1.165) is 24.5 Å². The maximum absolute atomic E-state index is 12.4. The number of pyridine rings is 1. The molecule has 1 aliphatic heterocycles. The van der Waals surface area contributed by atoms with Gasteiger partial charge in [0.25, 0.3) is 0 Å². The molecule has 0 atom stereocenters. The molecule has 0 saturated carbocycles. The Labute approximate surface area is 163 Å². The highest BCUT2D eigenvalue weighted by atomic mass is 16.5. The van der Waals surface area contributed by atoms with Gasteiger partial charge in [0.2, 0.25) is 11.8 Å². The van der Waals surface area contributed by atoms with Crippen LogP contribution < -0.4 is 10.2 Å². The van der Waals surface area contributed by atoms with Crippen LogP contribution in [-0.2, 0) is 16.0 Å². The van der Waals surface area contributed by atoms with E-state index in [9.17, 15) is 4.79 Å². The van der Waals surface area contributed by atoms with Crippen LogP contribution >= 0.6 is 0 Å². The number of aryl methyl sites for hydroxylation is 1. The van der Waals surface area contributed by atoms with Crippen molar-refractivity contribution < 1.29 is 13.9 Å². The van der Waals surface area contributed by atoms with Crippen molar-refractivity contribution in [1.29, 1.82) is 0 Å². The summed E-state index contributed by atoms with van der Waals surface area (Å²) >= 11 is 0. The van der Waals surface area contributed by atoms with Crippen LogP contribution in [0.15, 0.2) is 53.1 Å². The SMILES string of the molecule is Cc1oc(-c2ccccc2)nc1CC(=O)Nc1ccc(N2CCOCC2)nc1. The minimum atomic E-state index is -0.156. The molecule has 3 heterocycles. The number of nitrogens with zero attached hydrogens (tertiary/aromatic N) is 3. The number of anilines is 2. The van der Waals surface area contributed by atoms with E-state index in [0.29, 0.717) is 36.2 Å². The molecular weight excluding hydrogens is 356 g/mol. The van der Waals surface area contributed by atoms with Crippen LogP contribution in [0, 0.1) is 6.92 Å². The highest BCUT2D eigenvalue weighted by Gasteiger charge is 2.16. The van der Waals surface area contributed by atoms with Crippen molar-refractivity contribution >= 4 is 17.4 Å². The number of hydrogen-bond donors (Lipinski definition) is 1. The van der Waals surface area contributed by atoms with E-state index < -0.39 is 0 Å². The van der Waals surface area contributed by atoms with Gasteiger partial charge in [-0.25, -0.2) is 9.97 Å². The number of morpholine rings is 1. The van der Waals surface area contributed by atoms with Crippen LogP contribution in [-0.4, -0.2) is 42.2 Å². The Bertz CT molecular complexity index is 932. The molecule has 2 aromatic heterocycles. The molecule has 3 aromatic rings. The van der Waals surface area contributed by atoms with Gasteiger partial charge in [-0.2, -0.15) is 0 Å². The summed E-state index contributed by atoms with van der Waals surface area (Å²) in [5.74, 6) is 1.91. The molecule has 7 nitrogen and oxygen atoms in total. The topological polar surface area (TPSA) is 80.5 Å². The fraction of sp³-hybridized carbons (Fsp3) is 0.286. The zero-order valence-corrected chi connectivity index (χ0v) is 15.7. The zero-order valence-electron chi connectivity index (χ0n) is 15.7. The Morgan fingerprint density at radius 2 is 1.93 bits per heavy atom. The molecule has 0 bridgehead atoms. The Kier molecular flexibility index (Phi) is 5.34. The highest BCUT2D eigenvalue weighted by Crippen LogP contribution is 2.22. The summed E-state index contributed by atoms with van der Waals surface area (Å²) in [4.78, 5) is 23.5. The maximum Gasteiger partial charge on any atom is 0.230 e. The quantitative estimate of drug-likeness (QED) is 0.735. The summed E-state index contributed by atoms with van der Waals surface area (Å²) in [6.45, 7) is 4.90. The van der Waals surface area contributed by atoms with Crippen LogP contribution in [0.4, 0.5) is 11.5 Å². The monoisotopic (exact) mass is 378 g/mol. The first-order valence-corrected chi connectivity index (χ1v) is 9.29. The van der Waals surface area contributed by atoms with Crippen molar-refractivity contribution in [2.75, 3.05) is 36.5 Å². The van der Waals surface area contributed by atoms with Gasteiger partial charge in [-0.3, -0.25) is 4.79 Å². The molecule has 144 valence electrons. The molecular formula is C21H22N4O3. The molecule has 0 unspecified atom stereocenters. The van der Waals surface area contributed by atoms with Gasteiger partial charge < -0.3 is 19.4 Å². The van der Waals surface area contributed by atoms with Crippen LogP contribution in [0.5, 0.6) is 0 Å². The second-order valence-corrected chi connectivity index (χ2v) is 6.62. The van der Waals surface area contributed by atoms with E-state index in [1.54, 1.807) is 6.20 Å². The number of hydrogen-bond acceptors (Lipinski definition) is 6. The lowest BCUT2D eigenvalue weighted by atomic mass is 10.2.